The van der Waals surface area contributed by atoms with Gasteiger partial charge >= 0.3 is 0 Å². The second-order valence-electron chi connectivity index (χ2n) is 4.84. The van der Waals surface area contributed by atoms with Gasteiger partial charge in [-0.25, -0.2) is 0 Å². The highest BCUT2D eigenvalue weighted by molar-refractivity contribution is 5.78. The Hall–Kier alpha value is -0.610. The van der Waals surface area contributed by atoms with Crippen LogP contribution in [0.3, 0.4) is 0 Å². The zero-order valence-electron chi connectivity index (χ0n) is 11.0. The SMILES string of the molecule is CCCCNC(=O)C1CCN(CCCO)CC1. The molecule has 0 aliphatic carbocycles. The van der Waals surface area contributed by atoms with Crippen LogP contribution in [0.4, 0.5) is 0 Å². The molecule has 0 aromatic rings. The number of aliphatic hydroxyl groups excluding tert-OH is 1. The van der Waals surface area contributed by atoms with Crippen LogP contribution in [0.1, 0.15) is 39.0 Å². The number of nitrogens with zero attached hydrogens (tertiary/aromatic N) is 1. The van der Waals surface area contributed by atoms with Gasteiger partial charge in [0.2, 0.25) is 5.91 Å². The second kappa shape index (κ2) is 8.48. The Morgan fingerprint density at radius 2 is 2.06 bits per heavy atom. The fourth-order valence-electron chi connectivity index (χ4n) is 2.25. The van der Waals surface area contributed by atoms with Crippen LogP contribution >= 0.6 is 0 Å². The van der Waals surface area contributed by atoms with Crippen LogP contribution < -0.4 is 5.32 Å². The van der Waals surface area contributed by atoms with Crippen molar-refractivity contribution in [2.24, 2.45) is 5.92 Å². The van der Waals surface area contributed by atoms with E-state index in [-0.39, 0.29) is 18.4 Å². The van der Waals surface area contributed by atoms with Crippen LogP contribution in [0.5, 0.6) is 0 Å². The molecule has 1 saturated heterocycles. The number of aliphatic hydroxyl groups is 1. The second-order valence-corrected chi connectivity index (χ2v) is 4.84. The molecule has 0 radical (unpaired) electrons. The first-order valence-electron chi connectivity index (χ1n) is 6.88. The normalized spacial score (nSPS) is 18.2. The molecule has 1 aliphatic heterocycles. The Labute approximate surface area is 104 Å². The van der Waals surface area contributed by atoms with Gasteiger partial charge in [0.15, 0.2) is 0 Å². The molecule has 0 unspecified atom stereocenters. The average Bonchev–Trinajstić information content (AvgIpc) is 2.37. The minimum atomic E-state index is 0.206. The van der Waals surface area contributed by atoms with E-state index in [2.05, 4.69) is 17.1 Å². The highest BCUT2D eigenvalue weighted by atomic mass is 16.3. The van der Waals surface area contributed by atoms with E-state index < -0.39 is 0 Å². The maximum Gasteiger partial charge on any atom is 0.223 e. The minimum absolute atomic E-state index is 0.206. The van der Waals surface area contributed by atoms with Gasteiger partial charge < -0.3 is 15.3 Å². The number of amides is 1. The number of unbranched alkanes of at least 4 members (excludes halogenated alkanes) is 1. The van der Waals surface area contributed by atoms with Crippen molar-refractivity contribution >= 4 is 5.91 Å². The number of hydrogen-bond donors (Lipinski definition) is 2. The van der Waals surface area contributed by atoms with E-state index in [9.17, 15) is 4.79 Å². The molecule has 100 valence electrons. The molecule has 4 nitrogen and oxygen atoms in total. The number of rotatable bonds is 7. The Morgan fingerprint density at radius 3 is 2.65 bits per heavy atom. The van der Waals surface area contributed by atoms with E-state index >= 15 is 0 Å². The highest BCUT2D eigenvalue weighted by Crippen LogP contribution is 2.17. The van der Waals surface area contributed by atoms with Crippen LogP contribution in [-0.2, 0) is 4.79 Å². The molecule has 0 saturated carbocycles. The predicted molar refractivity (Wildman–Crippen MR) is 68.8 cm³/mol. The molecule has 0 bridgehead atoms. The third-order valence-electron chi connectivity index (χ3n) is 3.42. The Morgan fingerprint density at radius 1 is 1.35 bits per heavy atom. The van der Waals surface area contributed by atoms with E-state index in [4.69, 9.17) is 5.11 Å². The van der Waals surface area contributed by atoms with Crippen molar-refractivity contribution in [2.75, 3.05) is 32.8 Å². The molecule has 0 spiro atoms. The Balaban J connectivity index is 2.15. The average molecular weight is 242 g/mol. The van der Waals surface area contributed by atoms with Crippen molar-refractivity contribution in [3.8, 4) is 0 Å². The summed E-state index contributed by atoms with van der Waals surface area (Å²) in [6, 6.07) is 0. The van der Waals surface area contributed by atoms with E-state index in [1.807, 2.05) is 0 Å². The molecule has 1 rings (SSSR count). The Kier molecular flexibility index (Phi) is 7.21. The van der Waals surface area contributed by atoms with Crippen LogP contribution in [0.2, 0.25) is 0 Å². The maximum absolute atomic E-state index is 11.8. The molecule has 1 aliphatic rings. The zero-order valence-corrected chi connectivity index (χ0v) is 11.0. The lowest BCUT2D eigenvalue weighted by Gasteiger charge is -2.31. The fourth-order valence-corrected chi connectivity index (χ4v) is 2.25. The third kappa shape index (κ3) is 5.50. The van der Waals surface area contributed by atoms with Crippen molar-refractivity contribution < 1.29 is 9.90 Å². The molecule has 0 atom stereocenters. The molecule has 17 heavy (non-hydrogen) atoms. The van der Waals surface area contributed by atoms with Crippen molar-refractivity contribution in [1.82, 2.24) is 10.2 Å². The molecule has 1 heterocycles. The molecule has 1 fully saturated rings. The van der Waals surface area contributed by atoms with E-state index in [0.29, 0.717) is 0 Å². The van der Waals surface area contributed by atoms with Crippen molar-refractivity contribution in [3.05, 3.63) is 0 Å². The molecule has 1 amide bonds. The minimum Gasteiger partial charge on any atom is -0.396 e. The number of carbonyl (C=O) groups excluding carboxylic acids is 1. The number of carbonyl (C=O) groups is 1. The molecular weight excluding hydrogens is 216 g/mol. The summed E-state index contributed by atoms with van der Waals surface area (Å²) in [4.78, 5) is 14.2. The smallest absolute Gasteiger partial charge is 0.223 e. The van der Waals surface area contributed by atoms with E-state index in [1.165, 1.54) is 0 Å². The summed E-state index contributed by atoms with van der Waals surface area (Å²) in [6.45, 7) is 6.15. The van der Waals surface area contributed by atoms with Gasteiger partial charge in [0, 0.05) is 25.6 Å². The van der Waals surface area contributed by atoms with Crippen LogP contribution in [0, 0.1) is 5.92 Å². The summed E-state index contributed by atoms with van der Waals surface area (Å²) in [5, 5.41) is 11.8. The van der Waals surface area contributed by atoms with Gasteiger partial charge in [0.05, 0.1) is 0 Å². The number of likely N-dealkylation sites (tertiary alicyclic amines) is 1. The van der Waals surface area contributed by atoms with E-state index in [0.717, 1.165) is 58.3 Å². The van der Waals surface area contributed by atoms with Gasteiger partial charge in [0.25, 0.3) is 0 Å². The molecule has 0 aromatic carbocycles. The standard InChI is InChI=1S/C13H26N2O2/c1-2-3-7-14-13(17)12-5-9-15(10-6-12)8-4-11-16/h12,16H,2-11H2,1H3,(H,14,17). The lowest BCUT2D eigenvalue weighted by Crippen LogP contribution is -2.41. The van der Waals surface area contributed by atoms with Gasteiger partial charge in [-0.05, 0) is 38.8 Å². The van der Waals surface area contributed by atoms with Gasteiger partial charge in [-0.15, -0.1) is 0 Å². The summed E-state index contributed by atoms with van der Waals surface area (Å²) in [5.41, 5.74) is 0. The largest absolute Gasteiger partial charge is 0.396 e. The topological polar surface area (TPSA) is 52.6 Å². The Bertz CT molecular complexity index is 213. The van der Waals surface area contributed by atoms with Crippen LogP contribution in [-0.4, -0.2) is 48.7 Å². The monoisotopic (exact) mass is 242 g/mol. The van der Waals surface area contributed by atoms with Crippen LogP contribution in [0.25, 0.3) is 0 Å². The van der Waals surface area contributed by atoms with Crippen molar-refractivity contribution in [1.29, 1.82) is 0 Å². The van der Waals surface area contributed by atoms with E-state index in [1.54, 1.807) is 0 Å². The molecular formula is C13H26N2O2. The summed E-state index contributed by atoms with van der Waals surface area (Å²) < 4.78 is 0. The van der Waals surface area contributed by atoms with Crippen molar-refractivity contribution in [2.45, 2.75) is 39.0 Å². The summed E-state index contributed by atoms with van der Waals surface area (Å²) in [5.74, 6) is 0.442. The summed E-state index contributed by atoms with van der Waals surface area (Å²) >= 11 is 0. The number of nitrogens with one attached hydrogen (secondary N) is 1. The quantitative estimate of drug-likeness (QED) is 0.655. The van der Waals surface area contributed by atoms with Gasteiger partial charge in [0.1, 0.15) is 0 Å². The van der Waals surface area contributed by atoms with Crippen LogP contribution in [0.15, 0.2) is 0 Å². The first kappa shape index (κ1) is 14.5. The molecule has 4 heteroatoms. The number of hydrogen-bond acceptors (Lipinski definition) is 3. The van der Waals surface area contributed by atoms with Crippen molar-refractivity contribution in [3.63, 3.8) is 0 Å². The summed E-state index contributed by atoms with van der Waals surface area (Å²) in [7, 11) is 0. The highest BCUT2D eigenvalue weighted by Gasteiger charge is 2.24. The first-order chi connectivity index (χ1) is 8.27. The predicted octanol–water partition coefficient (Wildman–Crippen LogP) is 0.997. The van der Waals surface area contributed by atoms with Gasteiger partial charge in [-0.2, -0.15) is 0 Å². The fraction of sp³-hybridized carbons (Fsp3) is 0.923. The first-order valence-corrected chi connectivity index (χ1v) is 6.88. The lowest BCUT2D eigenvalue weighted by molar-refractivity contribution is -0.126. The summed E-state index contributed by atoms with van der Waals surface area (Å²) in [6.07, 6.45) is 4.96. The van der Waals surface area contributed by atoms with Gasteiger partial charge in [-0.3, -0.25) is 4.79 Å². The third-order valence-corrected chi connectivity index (χ3v) is 3.42. The molecule has 0 aromatic heterocycles. The maximum atomic E-state index is 11.8. The molecule has 2 N–H and O–H groups in total. The zero-order chi connectivity index (χ0) is 12.5. The number of piperidine rings is 1. The van der Waals surface area contributed by atoms with Gasteiger partial charge in [-0.1, -0.05) is 13.3 Å². The lowest BCUT2D eigenvalue weighted by atomic mass is 9.96.